The zero-order valence-electron chi connectivity index (χ0n) is 24.2. The van der Waals surface area contributed by atoms with E-state index < -0.39 is 0 Å². The SMILES string of the molecule is CC(C)(C)c1nn(-c2ccccc2Cl)c2c1C(c1ccc3c(c1)OCO3)SCC(=O)N2CC(=O)NCCN1CCCC1. The fraction of sp³-hybridized carbons (Fsp3) is 0.452. The van der Waals surface area contributed by atoms with Gasteiger partial charge in [0, 0.05) is 24.1 Å². The topological polar surface area (TPSA) is 88.9 Å². The minimum absolute atomic E-state index is 0.111. The monoisotopic (exact) mass is 609 g/mol. The van der Waals surface area contributed by atoms with Crippen LogP contribution in [0.5, 0.6) is 11.5 Å². The van der Waals surface area contributed by atoms with Crippen molar-refractivity contribution in [3.63, 3.8) is 0 Å². The van der Waals surface area contributed by atoms with Gasteiger partial charge in [0.2, 0.25) is 18.6 Å². The smallest absolute Gasteiger partial charge is 0.240 e. The van der Waals surface area contributed by atoms with E-state index in [0.717, 1.165) is 36.5 Å². The molecule has 1 atom stereocenters. The molecule has 3 aliphatic rings. The van der Waals surface area contributed by atoms with E-state index in [2.05, 4.69) is 31.0 Å². The van der Waals surface area contributed by atoms with Crippen LogP contribution in [0.1, 0.15) is 55.7 Å². The second-order valence-corrected chi connectivity index (χ2v) is 13.4. The van der Waals surface area contributed by atoms with Gasteiger partial charge in [0.15, 0.2) is 11.5 Å². The number of halogens is 1. The number of aromatic nitrogens is 2. The van der Waals surface area contributed by atoms with Crippen molar-refractivity contribution in [2.45, 2.75) is 44.3 Å². The van der Waals surface area contributed by atoms with Crippen LogP contribution < -0.4 is 19.7 Å². The molecular weight excluding hydrogens is 574 g/mol. The first-order valence-corrected chi connectivity index (χ1v) is 15.8. The van der Waals surface area contributed by atoms with Crippen LogP contribution in [-0.4, -0.2) is 71.8 Å². The van der Waals surface area contributed by atoms with Gasteiger partial charge in [0.05, 0.1) is 27.4 Å². The molecule has 1 aromatic heterocycles. The number of amides is 2. The Balaban J connectivity index is 1.45. The number of nitrogens with one attached hydrogen (secondary N) is 1. The lowest BCUT2D eigenvalue weighted by molar-refractivity contribution is -0.122. The predicted molar refractivity (Wildman–Crippen MR) is 165 cm³/mol. The third-order valence-electron chi connectivity index (χ3n) is 7.83. The number of carbonyl (C=O) groups is 2. The number of fused-ring (bicyclic) bond motifs is 2. The minimum Gasteiger partial charge on any atom is -0.454 e. The highest BCUT2D eigenvalue weighted by atomic mass is 35.5. The molecule has 6 rings (SSSR count). The van der Waals surface area contributed by atoms with Crippen molar-refractivity contribution >= 4 is 41.0 Å². The van der Waals surface area contributed by atoms with Crippen LogP contribution in [0.25, 0.3) is 5.69 Å². The number of hydrogen-bond donors (Lipinski definition) is 1. The summed E-state index contributed by atoms with van der Waals surface area (Å²) in [6, 6.07) is 13.3. The Morgan fingerprint density at radius 2 is 1.88 bits per heavy atom. The molecule has 3 aliphatic heterocycles. The largest absolute Gasteiger partial charge is 0.454 e. The number of thioether (sulfide) groups is 1. The zero-order valence-corrected chi connectivity index (χ0v) is 25.8. The Bertz CT molecular complexity index is 1500. The number of carbonyl (C=O) groups excluding carboxylic acids is 2. The molecular formula is C31H36ClN5O4S. The highest BCUT2D eigenvalue weighted by Crippen LogP contribution is 2.50. The molecule has 1 N–H and O–H groups in total. The number of para-hydroxylation sites is 1. The summed E-state index contributed by atoms with van der Waals surface area (Å²) in [6.45, 7) is 9.86. The van der Waals surface area contributed by atoms with Crippen LogP contribution in [-0.2, 0) is 15.0 Å². The molecule has 3 aromatic rings. The summed E-state index contributed by atoms with van der Waals surface area (Å²) in [7, 11) is 0. The Hall–Kier alpha value is -3.21. The van der Waals surface area contributed by atoms with Crippen molar-refractivity contribution in [1.29, 1.82) is 0 Å². The van der Waals surface area contributed by atoms with E-state index in [-0.39, 0.29) is 41.6 Å². The van der Waals surface area contributed by atoms with Crippen molar-refractivity contribution in [3.05, 3.63) is 64.3 Å². The van der Waals surface area contributed by atoms with Crippen molar-refractivity contribution in [2.24, 2.45) is 0 Å². The van der Waals surface area contributed by atoms with Crippen molar-refractivity contribution < 1.29 is 19.1 Å². The summed E-state index contributed by atoms with van der Waals surface area (Å²) in [6.07, 6.45) is 2.40. The van der Waals surface area contributed by atoms with E-state index in [1.807, 2.05) is 36.4 Å². The van der Waals surface area contributed by atoms with Crippen molar-refractivity contribution in [1.82, 2.24) is 20.0 Å². The predicted octanol–water partition coefficient (Wildman–Crippen LogP) is 4.93. The van der Waals surface area contributed by atoms with Gasteiger partial charge in [-0.3, -0.25) is 14.5 Å². The van der Waals surface area contributed by atoms with Gasteiger partial charge >= 0.3 is 0 Å². The Kier molecular flexibility index (Phi) is 8.13. The van der Waals surface area contributed by atoms with Gasteiger partial charge in [0.25, 0.3) is 0 Å². The first kappa shape index (κ1) is 28.9. The maximum absolute atomic E-state index is 13.9. The van der Waals surface area contributed by atoms with E-state index >= 15 is 0 Å². The van der Waals surface area contributed by atoms with E-state index in [1.54, 1.807) is 15.6 Å². The Morgan fingerprint density at radius 1 is 1.12 bits per heavy atom. The quantitative estimate of drug-likeness (QED) is 0.406. The Morgan fingerprint density at radius 3 is 2.64 bits per heavy atom. The molecule has 11 heteroatoms. The number of benzene rings is 2. The Labute approximate surface area is 255 Å². The summed E-state index contributed by atoms with van der Waals surface area (Å²) >= 11 is 8.25. The van der Waals surface area contributed by atoms with Crippen LogP contribution in [0.15, 0.2) is 42.5 Å². The van der Waals surface area contributed by atoms with Gasteiger partial charge in [-0.2, -0.15) is 5.10 Å². The molecule has 9 nitrogen and oxygen atoms in total. The molecule has 0 radical (unpaired) electrons. The third-order valence-corrected chi connectivity index (χ3v) is 9.40. The molecule has 4 heterocycles. The summed E-state index contributed by atoms with van der Waals surface area (Å²) in [5.41, 5.74) is 2.97. The molecule has 2 amide bonds. The molecule has 222 valence electrons. The molecule has 2 aromatic carbocycles. The first-order chi connectivity index (χ1) is 20.2. The van der Waals surface area contributed by atoms with E-state index in [9.17, 15) is 9.59 Å². The van der Waals surface area contributed by atoms with Crippen LogP contribution in [0.2, 0.25) is 5.02 Å². The molecule has 0 aliphatic carbocycles. The second kappa shape index (κ2) is 11.8. The van der Waals surface area contributed by atoms with Crippen LogP contribution in [0, 0.1) is 0 Å². The second-order valence-electron chi connectivity index (χ2n) is 11.9. The van der Waals surface area contributed by atoms with Crippen LogP contribution in [0.3, 0.4) is 0 Å². The molecule has 1 fully saturated rings. The van der Waals surface area contributed by atoms with Gasteiger partial charge in [-0.25, -0.2) is 4.68 Å². The lowest BCUT2D eigenvalue weighted by atomic mass is 9.87. The first-order valence-electron chi connectivity index (χ1n) is 14.4. The highest BCUT2D eigenvalue weighted by molar-refractivity contribution is 8.00. The average molecular weight is 610 g/mol. The fourth-order valence-corrected chi connectivity index (χ4v) is 7.17. The van der Waals surface area contributed by atoms with Crippen molar-refractivity contribution in [3.8, 4) is 17.2 Å². The van der Waals surface area contributed by atoms with Gasteiger partial charge < -0.3 is 19.7 Å². The number of hydrogen-bond acceptors (Lipinski definition) is 7. The van der Waals surface area contributed by atoms with Gasteiger partial charge in [-0.15, -0.1) is 11.8 Å². The summed E-state index contributed by atoms with van der Waals surface area (Å²) in [5, 5.41) is 8.42. The molecule has 42 heavy (non-hydrogen) atoms. The van der Waals surface area contributed by atoms with Gasteiger partial charge in [0.1, 0.15) is 12.4 Å². The normalized spacial score (nSPS) is 18.7. The number of rotatable bonds is 7. The minimum atomic E-state index is -0.372. The summed E-state index contributed by atoms with van der Waals surface area (Å²) in [5.74, 6) is 1.78. The summed E-state index contributed by atoms with van der Waals surface area (Å²) in [4.78, 5) is 31.2. The highest BCUT2D eigenvalue weighted by Gasteiger charge is 2.40. The third kappa shape index (κ3) is 5.72. The molecule has 1 saturated heterocycles. The average Bonchev–Trinajstić information content (AvgIpc) is 3.70. The molecule has 0 bridgehead atoms. The van der Waals surface area contributed by atoms with E-state index in [0.29, 0.717) is 34.6 Å². The zero-order chi connectivity index (χ0) is 29.4. The van der Waals surface area contributed by atoms with E-state index in [1.165, 1.54) is 24.6 Å². The van der Waals surface area contributed by atoms with Crippen LogP contribution >= 0.6 is 23.4 Å². The van der Waals surface area contributed by atoms with Crippen molar-refractivity contribution in [2.75, 3.05) is 50.2 Å². The molecule has 0 spiro atoms. The summed E-state index contributed by atoms with van der Waals surface area (Å²) < 4.78 is 13.0. The molecule has 0 saturated carbocycles. The lowest BCUT2D eigenvalue weighted by Crippen LogP contribution is -2.44. The molecule has 1 unspecified atom stereocenters. The number of ether oxygens (including phenoxy) is 2. The maximum Gasteiger partial charge on any atom is 0.240 e. The van der Waals surface area contributed by atoms with Crippen LogP contribution in [0.4, 0.5) is 5.82 Å². The fourth-order valence-electron chi connectivity index (χ4n) is 5.76. The number of likely N-dealkylation sites (tertiary alicyclic amines) is 1. The standard InChI is InChI=1S/C31H36ClN5O4S/c1-31(2,3)29-27-28(20-10-11-23-24(16-20)41-19-40-23)42-18-26(39)36(17-25(38)33-12-15-35-13-6-7-14-35)30(27)37(34-29)22-9-5-4-8-21(22)32/h4-5,8-11,16,28H,6-7,12-15,17-19H2,1-3H3,(H,33,38). The van der Waals surface area contributed by atoms with Gasteiger partial charge in [-0.1, -0.05) is 50.6 Å². The number of anilines is 1. The lowest BCUT2D eigenvalue weighted by Gasteiger charge is -2.25. The van der Waals surface area contributed by atoms with Gasteiger partial charge in [-0.05, 0) is 55.8 Å². The maximum atomic E-state index is 13.9. The van der Waals surface area contributed by atoms with E-state index in [4.69, 9.17) is 26.2 Å². The number of nitrogens with zero attached hydrogens (tertiary/aromatic N) is 4.